The zero-order valence-electron chi connectivity index (χ0n) is 10.8. The van der Waals surface area contributed by atoms with Gasteiger partial charge >= 0.3 is 0 Å². The first kappa shape index (κ1) is 15.8. The molecule has 1 fully saturated rings. The standard InChI is InChI=1S/C12H24O6/c1-2-3-4-5-6-17-12(8-13)11(16)10(15)9(14)7-18-12/h9-11,13-16H,2-8H2,1H3/t9-,10-,11+,12-/m1/s1. The fourth-order valence-corrected chi connectivity index (χ4v) is 1.97. The van der Waals surface area contributed by atoms with Crippen molar-refractivity contribution in [2.75, 3.05) is 19.8 Å². The summed E-state index contributed by atoms with van der Waals surface area (Å²) in [6.07, 6.45) is 0.00118. The molecule has 1 heterocycles. The van der Waals surface area contributed by atoms with Gasteiger partial charge in [-0.05, 0) is 6.42 Å². The molecule has 0 aromatic carbocycles. The molecule has 1 rings (SSSR count). The van der Waals surface area contributed by atoms with Gasteiger partial charge in [0, 0.05) is 0 Å². The highest BCUT2D eigenvalue weighted by Gasteiger charge is 2.50. The first-order chi connectivity index (χ1) is 8.57. The predicted octanol–water partition coefficient (Wildman–Crippen LogP) is -0.615. The van der Waals surface area contributed by atoms with E-state index in [9.17, 15) is 20.4 Å². The van der Waals surface area contributed by atoms with Crippen LogP contribution in [0.1, 0.15) is 32.6 Å². The molecule has 4 N–H and O–H groups in total. The maximum atomic E-state index is 9.84. The van der Waals surface area contributed by atoms with Crippen LogP contribution in [0.5, 0.6) is 0 Å². The molecule has 1 saturated heterocycles. The number of hydrogen-bond donors (Lipinski definition) is 4. The van der Waals surface area contributed by atoms with E-state index in [0.717, 1.165) is 25.7 Å². The van der Waals surface area contributed by atoms with Crippen molar-refractivity contribution in [3.63, 3.8) is 0 Å². The molecule has 0 aliphatic carbocycles. The van der Waals surface area contributed by atoms with Crippen molar-refractivity contribution < 1.29 is 29.9 Å². The second kappa shape index (κ2) is 7.37. The van der Waals surface area contributed by atoms with Crippen LogP contribution >= 0.6 is 0 Å². The fourth-order valence-electron chi connectivity index (χ4n) is 1.97. The van der Waals surface area contributed by atoms with Gasteiger partial charge in [0.15, 0.2) is 0 Å². The monoisotopic (exact) mass is 264 g/mol. The van der Waals surface area contributed by atoms with Gasteiger partial charge in [0.2, 0.25) is 5.79 Å². The van der Waals surface area contributed by atoms with Crippen molar-refractivity contribution in [3.8, 4) is 0 Å². The first-order valence-electron chi connectivity index (χ1n) is 6.50. The Morgan fingerprint density at radius 1 is 1.22 bits per heavy atom. The van der Waals surface area contributed by atoms with Crippen LogP contribution in [-0.4, -0.2) is 64.3 Å². The molecule has 0 radical (unpaired) electrons. The van der Waals surface area contributed by atoms with Gasteiger partial charge in [-0.25, -0.2) is 0 Å². The van der Waals surface area contributed by atoms with Gasteiger partial charge in [-0.15, -0.1) is 0 Å². The Kier molecular flexibility index (Phi) is 6.48. The SMILES string of the molecule is CCCCCCO[C@]1(CO)OC[C@@H](O)[C@@H](O)[C@@H]1O. The van der Waals surface area contributed by atoms with Crippen molar-refractivity contribution in [1.82, 2.24) is 0 Å². The summed E-state index contributed by atoms with van der Waals surface area (Å²) in [6, 6.07) is 0. The third kappa shape index (κ3) is 3.63. The molecule has 18 heavy (non-hydrogen) atoms. The highest BCUT2D eigenvalue weighted by Crippen LogP contribution is 2.27. The maximum absolute atomic E-state index is 9.84. The Morgan fingerprint density at radius 3 is 2.56 bits per heavy atom. The van der Waals surface area contributed by atoms with E-state index in [0.29, 0.717) is 6.61 Å². The molecular formula is C12H24O6. The molecule has 1 aliphatic heterocycles. The summed E-state index contributed by atoms with van der Waals surface area (Å²) in [5.41, 5.74) is 0. The molecule has 0 aromatic heterocycles. The van der Waals surface area contributed by atoms with Gasteiger partial charge in [-0.1, -0.05) is 26.2 Å². The molecule has 0 amide bonds. The van der Waals surface area contributed by atoms with E-state index in [-0.39, 0.29) is 6.61 Å². The van der Waals surface area contributed by atoms with E-state index in [2.05, 4.69) is 6.92 Å². The van der Waals surface area contributed by atoms with Gasteiger partial charge < -0.3 is 29.9 Å². The molecule has 6 heteroatoms. The minimum absolute atomic E-state index is 0.173. The second-order valence-electron chi connectivity index (χ2n) is 4.69. The van der Waals surface area contributed by atoms with Gasteiger partial charge in [0.25, 0.3) is 0 Å². The van der Waals surface area contributed by atoms with E-state index in [1.165, 1.54) is 0 Å². The molecule has 0 bridgehead atoms. The van der Waals surface area contributed by atoms with Crippen molar-refractivity contribution in [1.29, 1.82) is 0 Å². The minimum Gasteiger partial charge on any atom is -0.391 e. The second-order valence-corrected chi connectivity index (χ2v) is 4.69. The van der Waals surface area contributed by atoms with Gasteiger partial charge in [0.05, 0.1) is 13.2 Å². The van der Waals surface area contributed by atoms with Crippen molar-refractivity contribution >= 4 is 0 Å². The van der Waals surface area contributed by atoms with Crippen LogP contribution in [0.4, 0.5) is 0 Å². The number of unbranched alkanes of at least 4 members (excludes halogenated alkanes) is 3. The topological polar surface area (TPSA) is 99.4 Å². The third-order valence-corrected chi connectivity index (χ3v) is 3.23. The van der Waals surface area contributed by atoms with Crippen LogP contribution < -0.4 is 0 Å². The van der Waals surface area contributed by atoms with Crippen LogP contribution in [0.25, 0.3) is 0 Å². The summed E-state index contributed by atoms with van der Waals surface area (Å²) >= 11 is 0. The molecule has 1 aliphatic rings. The van der Waals surface area contributed by atoms with Crippen molar-refractivity contribution in [3.05, 3.63) is 0 Å². The number of aliphatic hydroxyl groups excluding tert-OH is 4. The van der Waals surface area contributed by atoms with Gasteiger partial charge in [0.1, 0.15) is 24.9 Å². The highest BCUT2D eigenvalue weighted by atomic mass is 16.7. The summed E-state index contributed by atoms with van der Waals surface area (Å²) in [5.74, 6) is -1.62. The van der Waals surface area contributed by atoms with E-state index in [1.54, 1.807) is 0 Å². The molecular weight excluding hydrogens is 240 g/mol. The summed E-state index contributed by atoms with van der Waals surface area (Å²) in [5, 5.41) is 38.1. The Labute approximate surface area is 107 Å². The first-order valence-corrected chi connectivity index (χ1v) is 6.50. The van der Waals surface area contributed by atoms with Crippen molar-refractivity contribution in [2.45, 2.75) is 56.7 Å². The molecule has 0 saturated carbocycles. The molecule has 0 spiro atoms. The lowest BCUT2D eigenvalue weighted by atomic mass is 9.97. The number of ether oxygens (including phenoxy) is 2. The Balaban J connectivity index is 2.46. The summed E-state index contributed by atoms with van der Waals surface area (Å²) in [6.45, 7) is 1.70. The molecule has 0 aromatic rings. The van der Waals surface area contributed by atoms with Crippen LogP contribution in [0, 0.1) is 0 Å². The molecule has 108 valence electrons. The van der Waals surface area contributed by atoms with E-state index < -0.39 is 30.7 Å². The quantitative estimate of drug-likeness (QED) is 0.458. The maximum Gasteiger partial charge on any atom is 0.221 e. The summed E-state index contributed by atoms with van der Waals surface area (Å²) < 4.78 is 10.6. The third-order valence-electron chi connectivity index (χ3n) is 3.23. The van der Waals surface area contributed by atoms with Gasteiger partial charge in [-0.3, -0.25) is 0 Å². The number of aliphatic hydroxyl groups is 4. The Morgan fingerprint density at radius 2 is 1.94 bits per heavy atom. The average Bonchev–Trinajstić information content (AvgIpc) is 2.39. The van der Waals surface area contributed by atoms with Crippen LogP contribution in [0.2, 0.25) is 0 Å². The lowest BCUT2D eigenvalue weighted by molar-refractivity contribution is -0.348. The zero-order chi connectivity index (χ0) is 13.6. The fraction of sp³-hybridized carbons (Fsp3) is 1.00. The number of rotatable bonds is 7. The summed E-state index contributed by atoms with van der Waals surface area (Å²) in [4.78, 5) is 0. The van der Waals surface area contributed by atoms with Crippen LogP contribution in [0.3, 0.4) is 0 Å². The predicted molar refractivity (Wildman–Crippen MR) is 63.9 cm³/mol. The normalized spacial score (nSPS) is 36.8. The minimum atomic E-state index is -1.62. The number of hydrogen-bond acceptors (Lipinski definition) is 6. The lowest BCUT2D eigenvalue weighted by Crippen LogP contribution is -2.63. The Hall–Kier alpha value is -0.240. The molecule has 6 nitrogen and oxygen atoms in total. The molecule has 4 atom stereocenters. The average molecular weight is 264 g/mol. The Bertz CT molecular complexity index is 237. The zero-order valence-corrected chi connectivity index (χ0v) is 10.8. The van der Waals surface area contributed by atoms with Gasteiger partial charge in [-0.2, -0.15) is 0 Å². The van der Waals surface area contributed by atoms with Crippen LogP contribution in [-0.2, 0) is 9.47 Å². The van der Waals surface area contributed by atoms with E-state index in [1.807, 2.05) is 0 Å². The largest absolute Gasteiger partial charge is 0.391 e. The smallest absolute Gasteiger partial charge is 0.221 e. The van der Waals surface area contributed by atoms with E-state index >= 15 is 0 Å². The summed E-state index contributed by atoms with van der Waals surface area (Å²) in [7, 11) is 0. The van der Waals surface area contributed by atoms with Crippen LogP contribution in [0.15, 0.2) is 0 Å². The lowest BCUT2D eigenvalue weighted by Gasteiger charge is -2.43. The van der Waals surface area contributed by atoms with Crippen molar-refractivity contribution in [2.24, 2.45) is 0 Å². The highest BCUT2D eigenvalue weighted by molar-refractivity contribution is 4.92. The van der Waals surface area contributed by atoms with E-state index in [4.69, 9.17) is 9.47 Å². The molecule has 0 unspecified atom stereocenters.